The van der Waals surface area contributed by atoms with E-state index in [1.54, 1.807) is 12.4 Å². The highest BCUT2D eigenvalue weighted by Crippen LogP contribution is 2.24. The number of hydrogen-bond donors (Lipinski definition) is 1. The van der Waals surface area contributed by atoms with E-state index in [1.807, 2.05) is 19.2 Å². The Morgan fingerprint density at radius 3 is 2.57 bits per heavy atom. The molecule has 2 aliphatic rings. The first-order valence-corrected chi connectivity index (χ1v) is 10.9. The van der Waals surface area contributed by atoms with Gasteiger partial charge in [-0.25, -0.2) is 4.98 Å². The van der Waals surface area contributed by atoms with Crippen LogP contribution in [0.5, 0.6) is 0 Å². The highest BCUT2D eigenvalue weighted by atomic mass is 16.5. The molecule has 2 aliphatic heterocycles. The van der Waals surface area contributed by atoms with Crippen molar-refractivity contribution in [2.45, 2.75) is 39.0 Å². The molecule has 2 saturated heterocycles. The lowest BCUT2D eigenvalue weighted by molar-refractivity contribution is -0.125. The van der Waals surface area contributed by atoms with E-state index in [-0.39, 0.29) is 11.7 Å². The molecule has 0 bridgehead atoms. The van der Waals surface area contributed by atoms with E-state index < -0.39 is 0 Å². The third-order valence-corrected chi connectivity index (χ3v) is 6.02. The second-order valence-electron chi connectivity index (χ2n) is 8.25. The van der Waals surface area contributed by atoms with Gasteiger partial charge in [0.25, 0.3) is 0 Å². The lowest BCUT2D eigenvalue weighted by Crippen LogP contribution is -2.25. The molecule has 0 radical (unpaired) electrons. The summed E-state index contributed by atoms with van der Waals surface area (Å²) >= 11 is 0. The van der Waals surface area contributed by atoms with Crippen LogP contribution in [0.3, 0.4) is 0 Å². The Hall–Kier alpha value is -2.38. The van der Waals surface area contributed by atoms with E-state index in [2.05, 4.69) is 15.3 Å². The van der Waals surface area contributed by atoms with Crippen molar-refractivity contribution in [2.24, 2.45) is 11.8 Å². The van der Waals surface area contributed by atoms with Crippen LogP contribution in [-0.4, -0.2) is 53.7 Å². The van der Waals surface area contributed by atoms with Gasteiger partial charge in [-0.05, 0) is 50.2 Å². The monoisotopic (exact) mass is 410 g/mol. The number of nitrogens with one attached hydrogen (secondary N) is 1. The van der Waals surface area contributed by atoms with Gasteiger partial charge in [-0.1, -0.05) is 0 Å². The molecule has 0 amide bonds. The second-order valence-corrected chi connectivity index (χ2v) is 8.25. The normalized spacial score (nSPS) is 18.3. The van der Waals surface area contributed by atoms with Gasteiger partial charge in [0.1, 0.15) is 11.6 Å². The van der Waals surface area contributed by atoms with Crippen molar-refractivity contribution in [1.82, 2.24) is 15.0 Å². The number of aromatic nitrogens is 3. The first-order valence-electron chi connectivity index (χ1n) is 10.9. The zero-order valence-electron chi connectivity index (χ0n) is 17.6. The maximum absolute atomic E-state index is 12.6. The van der Waals surface area contributed by atoms with Gasteiger partial charge in [0.05, 0.1) is 18.1 Å². The Balaban J connectivity index is 1.45. The lowest BCUT2D eigenvalue weighted by Gasteiger charge is -2.22. The van der Waals surface area contributed by atoms with Crippen LogP contribution in [0.1, 0.15) is 36.9 Å². The van der Waals surface area contributed by atoms with Crippen molar-refractivity contribution >= 4 is 11.6 Å². The average molecular weight is 411 g/mol. The van der Waals surface area contributed by atoms with Crippen molar-refractivity contribution < 1.29 is 14.3 Å². The molecule has 2 fully saturated rings. The Labute approximate surface area is 177 Å². The van der Waals surface area contributed by atoms with Crippen LogP contribution in [-0.2, 0) is 20.7 Å². The fourth-order valence-electron chi connectivity index (χ4n) is 4.06. The maximum Gasteiger partial charge on any atom is 0.145 e. The van der Waals surface area contributed by atoms with Crippen LogP contribution in [0.4, 0.5) is 5.82 Å². The number of ether oxygens (including phenoxy) is 2. The van der Waals surface area contributed by atoms with E-state index in [0.717, 1.165) is 73.8 Å². The minimum absolute atomic E-state index is 0.0859. The molecule has 2 aromatic rings. The molecule has 2 aromatic heterocycles. The Bertz CT molecular complexity index is 861. The second kappa shape index (κ2) is 10.1. The van der Waals surface area contributed by atoms with Gasteiger partial charge < -0.3 is 14.8 Å². The highest BCUT2D eigenvalue weighted by molar-refractivity contribution is 5.83. The van der Waals surface area contributed by atoms with Crippen LogP contribution in [0, 0.1) is 18.8 Å². The molecular weight excluding hydrogens is 380 g/mol. The number of rotatable bonds is 7. The first kappa shape index (κ1) is 20.9. The van der Waals surface area contributed by atoms with Crippen LogP contribution >= 0.6 is 0 Å². The number of ketones is 1. The fourth-order valence-corrected chi connectivity index (χ4v) is 4.06. The molecule has 4 rings (SSSR count). The van der Waals surface area contributed by atoms with Crippen molar-refractivity contribution in [2.75, 3.05) is 38.3 Å². The summed E-state index contributed by atoms with van der Waals surface area (Å²) in [5.74, 6) is 1.71. The third kappa shape index (κ3) is 5.40. The number of pyridine rings is 1. The zero-order chi connectivity index (χ0) is 20.8. The number of carbonyl (C=O) groups is 1. The molecule has 0 aliphatic carbocycles. The summed E-state index contributed by atoms with van der Waals surface area (Å²) in [4.78, 5) is 26.3. The molecule has 0 aromatic carbocycles. The highest BCUT2D eigenvalue weighted by Gasteiger charge is 2.22. The van der Waals surface area contributed by atoms with E-state index in [0.29, 0.717) is 25.6 Å². The van der Waals surface area contributed by atoms with Crippen molar-refractivity contribution in [1.29, 1.82) is 0 Å². The number of nitrogens with zero attached hydrogens (tertiary/aromatic N) is 3. The zero-order valence-corrected chi connectivity index (χ0v) is 17.6. The summed E-state index contributed by atoms with van der Waals surface area (Å²) in [6.45, 7) is 5.91. The third-order valence-electron chi connectivity index (χ3n) is 6.02. The molecule has 7 heteroatoms. The quantitative estimate of drug-likeness (QED) is 0.750. The van der Waals surface area contributed by atoms with Gasteiger partial charge in [-0.2, -0.15) is 0 Å². The van der Waals surface area contributed by atoms with Gasteiger partial charge in [0.2, 0.25) is 0 Å². The molecule has 30 heavy (non-hydrogen) atoms. The van der Waals surface area contributed by atoms with Crippen LogP contribution in [0.25, 0.3) is 11.3 Å². The largest absolute Gasteiger partial charge is 0.381 e. The van der Waals surface area contributed by atoms with E-state index in [9.17, 15) is 4.79 Å². The Morgan fingerprint density at radius 2 is 1.80 bits per heavy atom. The van der Waals surface area contributed by atoms with E-state index in [1.165, 1.54) is 0 Å². The van der Waals surface area contributed by atoms with Crippen molar-refractivity contribution in [3.05, 3.63) is 35.9 Å². The smallest absolute Gasteiger partial charge is 0.145 e. The van der Waals surface area contributed by atoms with Gasteiger partial charge in [-0.3, -0.25) is 14.8 Å². The summed E-state index contributed by atoms with van der Waals surface area (Å²) in [7, 11) is 0. The summed E-state index contributed by atoms with van der Waals surface area (Å²) in [5.41, 5.74) is 3.58. The predicted molar refractivity (Wildman–Crippen MR) is 114 cm³/mol. The average Bonchev–Trinajstić information content (AvgIpc) is 2.80. The molecule has 0 spiro atoms. The van der Waals surface area contributed by atoms with Crippen molar-refractivity contribution in [3.8, 4) is 11.3 Å². The summed E-state index contributed by atoms with van der Waals surface area (Å²) in [5, 5.41) is 3.42. The molecular formula is C23H30N4O3. The van der Waals surface area contributed by atoms with Gasteiger partial charge in [0, 0.05) is 62.8 Å². The number of carbonyl (C=O) groups excluding carboxylic acids is 1. The Kier molecular flexibility index (Phi) is 7.02. The topological polar surface area (TPSA) is 86.2 Å². The molecule has 160 valence electrons. The molecule has 1 N–H and O–H groups in total. The number of anilines is 1. The minimum atomic E-state index is 0.0859. The minimum Gasteiger partial charge on any atom is -0.381 e. The SMILES string of the molecule is Cc1cnc(CC(=O)C2CCOCC2)cc1-c1cncc(NCC2CCOCC2)n1. The Morgan fingerprint density at radius 1 is 1.07 bits per heavy atom. The van der Waals surface area contributed by atoms with Crippen LogP contribution < -0.4 is 5.32 Å². The van der Waals surface area contributed by atoms with E-state index >= 15 is 0 Å². The fraction of sp³-hybridized carbons (Fsp3) is 0.565. The van der Waals surface area contributed by atoms with Crippen LogP contribution in [0.15, 0.2) is 24.7 Å². The molecule has 4 heterocycles. The lowest BCUT2D eigenvalue weighted by atomic mass is 9.92. The van der Waals surface area contributed by atoms with Gasteiger partial charge in [-0.15, -0.1) is 0 Å². The molecule has 0 saturated carbocycles. The summed E-state index contributed by atoms with van der Waals surface area (Å²) in [6.07, 6.45) is 9.48. The summed E-state index contributed by atoms with van der Waals surface area (Å²) < 4.78 is 10.8. The van der Waals surface area contributed by atoms with Crippen molar-refractivity contribution in [3.63, 3.8) is 0 Å². The number of hydrogen-bond acceptors (Lipinski definition) is 7. The predicted octanol–water partition coefficient (Wildman–Crippen LogP) is 3.22. The van der Waals surface area contributed by atoms with E-state index in [4.69, 9.17) is 14.5 Å². The molecule has 0 atom stereocenters. The molecule has 7 nitrogen and oxygen atoms in total. The first-order chi connectivity index (χ1) is 14.7. The van der Waals surface area contributed by atoms with Crippen LogP contribution in [0.2, 0.25) is 0 Å². The summed E-state index contributed by atoms with van der Waals surface area (Å²) in [6, 6.07) is 1.98. The number of Topliss-reactive ketones (excluding diaryl/α,β-unsaturated/α-hetero) is 1. The van der Waals surface area contributed by atoms with Gasteiger partial charge >= 0.3 is 0 Å². The van der Waals surface area contributed by atoms with Gasteiger partial charge in [0.15, 0.2) is 0 Å². The maximum atomic E-state index is 12.6. The number of aryl methyl sites for hydroxylation is 1. The standard InChI is InChI=1S/C23H30N4O3/c1-16-12-25-19(11-22(28)18-4-8-30-9-5-18)10-20(16)21-14-24-15-23(27-21)26-13-17-2-6-29-7-3-17/h10,12,14-15,17-18H,2-9,11,13H2,1H3,(H,26,27). The molecule has 0 unspecified atom stereocenters.